The molecule has 0 amide bonds. The molecule has 0 fully saturated rings. The zero-order chi connectivity index (χ0) is 12.9. The van der Waals surface area contributed by atoms with Crippen LogP contribution in [0.4, 0.5) is 5.69 Å². The minimum atomic E-state index is 0.507. The molecule has 0 spiro atoms. The number of hydrogen-bond donors (Lipinski definition) is 0. The molecule has 1 aliphatic heterocycles. The molecule has 0 atom stereocenters. The average Bonchev–Trinajstić information content (AvgIpc) is 2.69. The number of rotatable bonds is 1. The second kappa shape index (κ2) is 3.87. The fourth-order valence-electron chi connectivity index (χ4n) is 2.73. The minimum Gasteiger partial charge on any atom is -0.441 e. The van der Waals surface area contributed by atoms with Gasteiger partial charge >= 0.3 is 0 Å². The maximum Gasteiger partial charge on any atom is 0.192 e. The summed E-state index contributed by atoms with van der Waals surface area (Å²) >= 11 is 0. The van der Waals surface area contributed by atoms with Crippen LogP contribution in [0.15, 0.2) is 22.6 Å². The van der Waals surface area contributed by atoms with Gasteiger partial charge in [-0.1, -0.05) is 26.0 Å². The van der Waals surface area contributed by atoms with Crippen LogP contribution in [0.5, 0.6) is 0 Å². The van der Waals surface area contributed by atoms with Crippen molar-refractivity contribution in [3.63, 3.8) is 0 Å². The van der Waals surface area contributed by atoms with Crippen molar-refractivity contribution in [2.45, 2.75) is 33.2 Å². The third-order valence-corrected chi connectivity index (χ3v) is 3.51. The number of aryl methyl sites for hydroxylation is 1. The number of anilines is 1. The van der Waals surface area contributed by atoms with Crippen molar-refractivity contribution in [2.24, 2.45) is 0 Å². The normalized spacial score (nSPS) is 13.7. The summed E-state index contributed by atoms with van der Waals surface area (Å²) in [5.74, 6) is 2.20. The van der Waals surface area contributed by atoms with Crippen LogP contribution in [0.1, 0.15) is 36.9 Å². The molecule has 3 heteroatoms. The first kappa shape index (κ1) is 11.3. The highest BCUT2D eigenvalue weighted by Gasteiger charge is 2.27. The first-order chi connectivity index (χ1) is 8.58. The van der Waals surface area contributed by atoms with E-state index < -0.39 is 0 Å². The zero-order valence-electron chi connectivity index (χ0n) is 11.3. The summed E-state index contributed by atoms with van der Waals surface area (Å²) in [4.78, 5) is 6.74. The van der Waals surface area contributed by atoms with Crippen LogP contribution in [0.3, 0.4) is 0 Å². The van der Waals surface area contributed by atoms with Crippen LogP contribution in [0, 0.1) is 6.92 Å². The molecule has 0 radical (unpaired) electrons. The van der Waals surface area contributed by atoms with Gasteiger partial charge in [-0.05, 0) is 17.5 Å². The molecule has 2 heterocycles. The summed E-state index contributed by atoms with van der Waals surface area (Å²) in [6, 6.07) is 6.43. The summed E-state index contributed by atoms with van der Waals surface area (Å²) < 4.78 is 5.78. The summed E-state index contributed by atoms with van der Waals surface area (Å²) in [7, 11) is 2.12. The quantitative estimate of drug-likeness (QED) is 0.763. The van der Waals surface area contributed by atoms with Gasteiger partial charge in [0, 0.05) is 19.5 Å². The number of hydrogen-bond acceptors (Lipinski definition) is 3. The van der Waals surface area contributed by atoms with E-state index in [2.05, 4.69) is 49.0 Å². The first-order valence-corrected chi connectivity index (χ1v) is 6.38. The Morgan fingerprint density at radius 1 is 1.33 bits per heavy atom. The highest BCUT2D eigenvalue weighted by atomic mass is 16.4. The Morgan fingerprint density at radius 3 is 2.83 bits per heavy atom. The highest BCUT2D eigenvalue weighted by Crippen LogP contribution is 2.42. The van der Waals surface area contributed by atoms with E-state index in [-0.39, 0.29) is 0 Å². The van der Waals surface area contributed by atoms with Crippen molar-refractivity contribution in [1.29, 1.82) is 0 Å². The van der Waals surface area contributed by atoms with E-state index in [4.69, 9.17) is 4.42 Å². The van der Waals surface area contributed by atoms with Crippen molar-refractivity contribution in [1.82, 2.24) is 4.98 Å². The summed E-state index contributed by atoms with van der Waals surface area (Å²) in [6.45, 7) is 7.18. The molecule has 18 heavy (non-hydrogen) atoms. The smallest absolute Gasteiger partial charge is 0.192 e. The monoisotopic (exact) mass is 242 g/mol. The number of para-hydroxylation sites is 1. The van der Waals surface area contributed by atoms with Crippen molar-refractivity contribution in [2.75, 3.05) is 11.9 Å². The Balaban J connectivity index is 2.28. The molecule has 0 aliphatic carbocycles. The lowest BCUT2D eigenvalue weighted by Gasteiger charge is -2.29. The van der Waals surface area contributed by atoms with Crippen LogP contribution in [0.25, 0.3) is 11.3 Å². The van der Waals surface area contributed by atoms with Crippen LogP contribution in [-0.4, -0.2) is 12.0 Å². The van der Waals surface area contributed by atoms with E-state index in [9.17, 15) is 0 Å². The summed E-state index contributed by atoms with van der Waals surface area (Å²) in [6.07, 6.45) is 0. The molecule has 2 aromatic rings. The predicted octanol–water partition coefficient (Wildman–Crippen LogP) is 3.72. The third-order valence-electron chi connectivity index (χ3n) is 3.51. The van der Waals surface area contributed by atoms with Crippen LogP contribution < -0.4 is 4.90 Å². The molecule has 94 valence electrons. The molecule has 0 saturated carbocycles. The molecule has 0 unspecified atom stereocenters. The second-order valence-electron chi connectivity index (χ2n) is 5.26. The van der Waals surface area contributed by atoms with Crippen molar-refractivity contribution in [3.05, 3.63) is 35.3 Å². The minimum absolute atomic E-state index is 0.507. The lowest BCUT2D eigenvalue weighted by Crippen LogP contribution is -2.23. The van der Waals surface area contributed by atoms with E-state index in [1.165, 1.54) is 16.8 Å². The van der Waals surface area contributed by atoms with E-state index >= 15 is 0 Å². The van der Waals surface area contributed by atoms with E-state index in [1.807, 2.05) is 6.92 Å². The number of benzene rings is 1. The molecular weight excluding hydrogens is 224 g/mol. The van der Waals surface area contributed by atoms with Gasteiger partial charge in [-0.25, -0.2) is 4.98 Å². The lowest BCUT2D eigenvalue weighted by molar-refractivity contribution is 0.533. The van der Waals surface area contributed by atoms with Gasteiger partial charge < -0.3 is 9.32 Å². The van der Waals surface area contributed by atoms with Crippen molar-refractivity contribution >= 4 is 5.69 Å². The number of aromatic nitrogens is 1. The van der Waals surface area contributed by atoms with E-state index in [1.54, 1.807) is 0 Å². The fraction of sp³-hybridized carbons (Fsp3) is 0.400. The van der Waals surface area contributed by atoms with Gasteiger partial charge in [0.05, 0.1) is 12.2 Å². The number of oxazole rings is 1. The topological polar surface area (TPSA) is 29.3 Å². The Kier molecular flexibility index (Phi) is 2.44. The van der Waals surface area contributed by atoms with Gasteiger partial charge in [-0.15, -0.1) is 0 Å². The molecule has 3 rings (SSSR count). The standard InChI is InChI=1S/C15H18N2O/c1-9(2)11-6-5-7-12-14(11)17(4)8-13-15(12)18-10(3)16-13/h5-7,9H,8H2,1-4H3. The molecule has 0 bridgehead atoms. The molecular formula is C15H18N2O. The van der Waals surface area contributed by atoms with Gasteiger partial charge in [0.25, 0.3) is 0 Å². The van der Waals surface area contributed by atoms with Gasteiger partial charge in [-0.3, -0.25) is 0 Å². The van der Waals surface area contributed by atoms with Crippen molar-refractivity contribution in [3.8, 4) is 11.3 Å². The van der Waals surface area contributed by atoms with E-state index in [0.717, 1.165) is 23.9 Å². The maximum absolute atomic E-state index is 5.78. The van der Waals surface area contributed by atoms with Gasteiger partial charge in [0.15, 0.2) is 11.7 Å². The molecule has 0 saturated heterocycles. The van der Waals surface area contributed by atoms with Gasteiger partial charge in [-0.2, -0.15) is 0 Å². The Morgan fingerprint density at radius 2 is 2.11 bits per heavy atom. The van der Waals surface area contributed by atoms with Crippen LogP contribution in [-0.2, 0) is 6.54 Å². The zero-order valence-corrected chi connectivity index (χ0v) is 11.3. The van der Waals surface area contributed by atoms with E-state index in [0.29, 0.717) is 5.92 Å². The second-order valence-corrected chi connectivity index (χ2v) is 5.26. The van der Waals surface area contributed by atoms with Gasteiger partial charge in [0.2, 0.25) is 0 Å². The van der Waals surface area contributed by atoms with Crippen LogP contribution in [0.2, 0.25) is 0 Å². The number of nitrogens with zero attached hydrogens (tertiary/aromatic N) is 2. The summed E-state index contributed by atoms with van der Waals surface area (Å²) in [5, 5.41) is 0. The molecule has 1 aliphatic rings. The van der Waals surface area contributed by atoms with Crippen LogP contribution >= 0.6 is 0 Å². The molecule has 1 aromatic heterocycles. The van der Waals surface area contributed by atoms with Crippen molar-refractivity contribution < 1.29 is 4.42 Å². The molecule has 3 nitrogen and oxygen atoms in total. The van der Waals surface area contributed by atoms with Gasteiger partial charge in [0.1, 0.15) is 5.69 Å². The maximum atomic E-state index is 5.78. The lowest BCUT2D eigenvalue weighted by atomic mass is 9.93. The third kappa shape index (κ3) is 1.54. The highest BCUT2D eigenvalue weighted by molar-refractivity contribution is 5.82. The average molecular weight is 242 g/mol. The fourth-order valence-corrected chi connectivity index (χ4v) is 2.73. The Labute approximate surface area is 107 Å². The number of fused-ring (bicyclic) bond motifs is 3. The largest absolute Gasteiger partial charge is 0.441 e. The molecule has 0 N–H and O–H groups in total. The predicted molar refractivity (Wildman–Crippen MR) is 72.9 cm³/mol. The summed E-state index contributed by atoms with van der Waals surface area (Å²) in [5.41, 5.74) is 4.87. The first-order valence-electron chi connectivity index (χ1n) is 6.38. The Bertz CT molecular complexity index is 599. The Hall–Kier alpha value is -1.77. The SMILES string of the molecule is Cc1nc2c(o1)-c1cccc(C(C)C)c1N(C)C2. The molecule has 1 aromatic carbocycles.